The molecule has 1 N–H and O–H groups in total. The fourth-order valence-corrected chi connectivity index (χ4v) is 3.41. The number of nitrogens with zero attached hydrogens (tertiary/aromatic N) is 1. The highest BCUT2D eigenvalue weighted by atomic mass is 16.5. The van der Waals surface area contributed by atoms with Gasteiger partial charge in [0, 0.05) is 38.7 Å². The summed E-state index contributed by atoms with van der Waals surface area (Å²) in [6.07, 6.45) is 3.26. The van der Waals surface area contributed by atoms with E-state index >= 15 is 0 Å². The zero-order valence-corrected chi connectivity index (χ0v) is 14.3. The minimum Gasteiger partial charge on any atom is -0.380 e. The lowest BCUT2D eigenvalue weighted by molar-refractivity contribution is -0.134. The van der Waals surface area contributed by atoms with Gasteiger partial charge in [0.2, 0.25) is 5.91 Å². The molecule has 1 saturated heterocycles. The fourth-order valence-electron chi connectivity index (χ4n) is 3.41. The maximum atomic E-state index is 12.2. The van der Waals surface area contributed by atoms with Gasteiger partial charge in [-0.15, -0.1) is 0 Å². The lowest BCUT2D eigenvalue weighted by Gasteiger charge is -2.37. The Hall–Kier alpha value is -1.39. The molecule has 2 atom stereocenters. The SMILES string of the molecule is COCc1ccc(CN[C@H]2CCN(C(=O)C3CC3)C[C@@H]2C)cc1. The van der Waals surface area contributed by atoms with Crippen molar-refractivity contribution in [2.24, 2.45) is 11.8 Å². The van der Waals surface area contributed by atoms with Crippen molar-refractivity contribution >= 4 is 5.91 Å². The molecule has 0 unspecified atom stereocenters. The maximum Gasteiger partial charge on any atom is 0.225 e. The minimum atomic E-state index is 0.345. The quantitative estimate of drug-likeness (QED) is 0.877. The van der Waals surface area contributed by atoms with Crippen LogP contribution >= 0.6 is 0 Å². The van der Waals surface area contributed by atoms with Crippen LogP contribution in [0.4, 0.5) is 0 Å². The molecule has 126 valence electrons. The Morgan fingerprint density at radius 2 is 1.91 bits per heavy atom. The minimum absolute atomic E-state index is 0.345. The molecule has 2 aliphatic rings. The second kappa shape index (κ2) is 7.45. The van der Waals surface area contributed by atoms with Crippen LogP contribution in [-0.2, 0) is 22.7 Å². The van der Waals surface area contributed by atoms with Crippen LogP contribution < -0.4 is 5.32 Å². The number of piperidine rings is 1. The van der Waals surface area contributed by atoms with Crippen LogP contribution in [0.2, 0.25) is 0 Å². The van der Waals surface area contributed by atoms with Crippen molar-refractivity contribution in [1.29, 1.82) is 0 Å². The second-order valence-corrected chi connectivity index (χ2v) is 7.06. The molecule has 0 radical (unpaired) electrons. The monoisotopic (exact) mass is 316 g/mol. The molecule has 1 aromatic carbocycles. The molecule has 1 amide bonds. The van der Waals surface area contributed by atoms with Crippen LogP contribution in [0.1, 0.15) is 37.3 Å². The first-order chi connectivity index (χ1) is 11.2. The standard InChI is InChI=1S/C19H28N2O2/c1-14-12-21(19(22)17-7-8-17)10-9-18(14)20-11-15-3-5-16(6-4-15)13-23-2/h3-6,14,17-18,20H,7-13H2,1-2H3/t14-,18-/m0/s1. The summed E-state index contributed by atoms with van der Waals surface area (Å²) in [5.41, 5.74) is 2.50. The smallest absolute Gasteiger partial charge is 0.225 e. The second-order valence-electron chi connectivity index (χ2n) is 7.06. The van der Waals surface area contributed by atoms with Gasteiger partial charge in [-0.3, -0.25) is 4.79 Å². The number of hydrogen-bond acceptors (Lipinski definition) is 3. The van der Waals surface area contributed by atoms with Gasteiger partial charge < -0.3 is 15.0 Å². The van der Waals surface area contributed by atoms with Crippen molar-refractivity contribution in [3.05, 3.63) is 35.4 Å². The number of methoxy groups -OCH3 is 1. The third-order valence-corrected chi connectivity index (χ3v) is 5.05. The van der Waals surface area contributed by atoms with Gasteiger partial charge in [0.25, 0.3) is 0 Å². The zero-order valence-electron chi connectivity index (χ0n) is 14.3. The molecule has 2 fully saturated rings. The first-order valence-corrected chi connectivity index (χ1v) is 8.76. The molecular formula is C19H28N2O2. The highest BCUT2D eigenvalue weighted by Crippen LogP contribution is 2.32. The molecule has 1 heterocycles. The van der Waals surface area contributed by atoms with E-state index in [-0.39, 0.29) is 0 Å². The first-order valence-electron chi connectivity index (χ1n) is 8.76. The first kappa shape index (κ1) is 16.5. The molecule has 1 saturated carbocycles. The molecule has 1 aliphatic heterocycles. The summed E-state index contributed by atoms with van der Waals surface area (Å²) in [4.78, 5) is 14.3. The van der Waals surface area contributed by atoms with Crippen LogP contribution in [0.15, 0.2) is 24.3 Å². The van der Waals surface area contributed by atoms with E-state index in [1.54, 1.807) is 7.11 Å². The molecule has 4 nitrogen and oxygen atoms in total. The molecule has 4 heteroatoms. The van der Waals surface area contributed by atoms with Crippen molar-refractivity contribution in [3.8, 4) is 0 Å². The van der Waals surface area contributed by atoms with Crippen molar-refractivity contribution in [3.63, 3.8) is 0 Å². The molecule has 0 spiro atoms. The number of amides is 1. The van der Waals surface area contributed by atoms with Crippen LogP contribution in [0.25, 0.3) is 0 Å². The van der Waals surface area contributed by atoms with Crippen molar-refractivity contribution in [2.75, 3.05) is 20.2 Å². The van der Waals surface area contributed by atoms with Crippen molar-refractivity contribution < 1.29 is 9.53 Å². The summed E-state index contributed by atoms with van der Waals surface area (Å²) in [5, 5.41) is 3.67. The van der Waals surface area contributed by atoms with Gasteiger partial charge in [0.05, 0.1) is 6.61 Å². The predicted octanol–water partition coefficient (Wildman–Crippen LogP) is 2.57. The Bertz CT molecular complexity index is 525. The number of hydrogen-bond donors (Lipinski definition) is 1. The summed E-state index contributed by atoms with van der Waals surface area (Å²) in [5.74, 6) is 1.25. The van der Waals surface area contributed by atoms with Gasteiger partial charge in [-0.1, -0.05) is 31.2 Å². The van der Waals surface area contributed by atoms with Gasteiger partial charge in [-0.05, 0) is 36.3 Å². The van der Waals surface area contributed by atoms with Crippen LogP contribution in [0.3, 0.4) is 0 Å². The summed E-state index contributed by atoms with van der Waals surface area (Å²) >= 11 is 0. The molecule has 23 heavy (non-hydrogen) atoms. The van der Waals surface area contributed by atoms with E-state index in [2.05, 4.69) is 41.4 Å². The van der Waals surface area contributed by atoms with Gasteiger partial charge in [-0.2, -0.15) is 0 Å². The average molecular weight is 316 g/mol. The topological polar surface area (TPSA) is 41.6 Å². The molecule has 0 bridgehead atoms. The Labute approximate surface area is 139 Å². The predicted molar refractivity (Wildman–Crippen MR) is 90.9 cm³/mol. The molecule has 0 aromatic heterocycles. The van der Waals surface area contributed by atoms with E-state index in [0.717, 1.165) is 38.9 Å². The van der Waals surface area contributed by atoms with E-state index in [4.69, 9.17) is 4.74 Å². The van der Waals surface area contributed by atoms with Crippen molar-refractivity contribution in [1.82, 2.24) is 10.2 Å². The molecule has 1 aromatic rings. The number of carbonyl (C=O) groups is 1. The van der Waals surface area contributed by atoms with Gasteiger partial charge in [0.15, 0.2) is 0 Å². The van der Waals surface area contributed by atoms with E-state index < -0.39 is 0 Å². The van der Waals surface area contributed by atoms with Gasteiger partial charge >= 0.3 is 0 Å². The summed E-state index contributed by atoms with van der Waals surface area (Å²) < 4.78 is 5.14. The third kappa shape index (κ3) is 4.33. The summed E-state index contributed by atoms with van der Waals surface area (Å²) in [7, 11) is 1.72. The summed E-state index contributed by atoms with van der Waals surface area (Å²) in [6.45, 7) is 5.62. The van der Waals surface area contributed by atoms with E-state index in [1.165, 1.54) is 11.1 Å². The Morgan fingerprint density at radius 3 is 2.52 bits per heavy atom. The lowest BCUT2D eigenvalue weighted by atomic mass is 9.93. The number of ether oxygens (including phenoxy) is 1. The molecular weight excluding hydrogens is 288 g/mol. The van der Waals surface area contributed by atoms with E-state index in [0.29, 0.717) is 30.4 Å². The van der Waals surface area contributed by atoms with Crippen molar-refractivity contribution in [2.45, 2.75) is 45.4 Å². The summed E-state index contributed by atoms with van der Waals surface area (Å²) in [6, 6.07) is 9.08. The lowest BCUT2D eigenvalue weighted by Crippen LogP contribution is -2.50. The largest absolute Gasteiger partial charge is 0.380 e. The van der Waals surface area contributed by atoms with Crippen LogP contribution in [0.5, 0.6) is 0 Å². The third-order valence-electron chi connectivity index (χ3n) is 5.05. The number of nitrogens with one attached hydrogen (secondary N) is 1. The Kier molecular flexibility index (Phi) is 5.34. The average Bonchev–Trinajstić information content (AvgIpc) is 3.39. The van der Waals surface area contributed by atoms with E-state index in [9.17, 15) is 4.79 Å². The molecule has 1 aliphatic carbocycles. The van der Waals surface area contributed by atoms with Crippen LogP contribution in [-0.4, -0.2) is 37.0 Å². The number of benzene rings is 1. The van der Waals surface area contributed by atoms with Gasteiger partial charge in [0.1, 0.15) is 0 Å². The maximum absolute atomic E-state index is 12.2. The number of likely N-dealkylation sites (tertiary alicyclic amines) is 1. The Morgan fingerprint density at radius 1 is 1.22 bits per heavy atom. The Balaban J connectivity index is 1.46. The number of carbonyl (C=O) groups excluding carboxylic acids is 1. The van der Waals surface area contributed by atoms with Crippen LogP contribution in [0, 0.1) is 11.8 Å². The van der Waals surface area contributed by atoms with E-state index in [1.807, 2.05) is 0 Å². The fraction of sp³-hybridized carbons (Fsp3) is 0.632. The number of rotatable bonds is 6. The highest BCUT2D eigenvalue weighted by molar-refractivity contribution is 5.81. The molecule has 3 rings (SSSR count). The normalized spacial score (nSPS) is 24.7. The van der Waals surface area contributed by atoms with Gasteiger partial charge in [-0.25, -0.2) is 0 Å². The zero-order chi connectivity index (χ0) is 16.2. The highest BCUT2D eigenvalue weighted by Gasteiger charge is 2.36.